The number of rotatable bonds is 2. The summed E-state index contributed by atoms with van der Waals surface area (Å²) in [5.41, 5.74) is 0.594. The van der Waals surface area contributed by atoms with Crippen LogP contribution in [0.15, 0.2) is 36.1 Å². The van der Waals surface area contributed by atoms with Gasteiger partial charge in [0.2, 0.25) is 0 Å². The molecule has 0 aromatic carbocycles. The molecule has 3 heterocycles. The van der Waals surface area contributed by atoms with E-state index in [1.165, 1.54) is 9.40 Å². The molecule has 0 saturated carbocycles. The van der Waals surface area contributed by atoms with Crippen LogP contribution in [0.4, 0.5) is 0 Å². The number of hydrogen-bond acceptors (Lipinski definition) is 5. The summed E-state index contributed by atoms with van der Waals surface area (Å²) in [4.78, 5) is 8.98. The Morgan fingerprint density at radius 3 is 2.94 bits per heavy atom. The molecule has 16 heavy (non-hydrogen) atoms. The lowest BCUT2D eigenvalue weighted by molar-refractivity contribution is 0.218. The third kappa shape index (κ3) is 1.63. The Labute approximate surface area is 100 Å². The highest BCUT2D eigenvalue weighted by atomic mass is 32.1. The van der Waals surface area contributed by atoms with Gasteiger partial charge in [-0.25, -0.2) is 0 Å². The van der Waals surface area contributed by atoms with Gasteiger partial charge >= 0.3 is 0 Å². The molecular weight excluding hydrogens is 240 g/mol. The van der Waals surface area contributed by atoms with Gasteiger partial charge < -0.3 is 5.11 Å². The molecule has 1 atom stereocenters. The minimum absolute atomic E-state index is 0.594. The molecule has 0 spiro atoms. The van der Waals surface area contributed by atoms with E-state index < -0.39 is 6.10 Å². The zero-order valence-corrected chi connectivity index (χ0v) is 9.83. The van der Waals surface area contributed by atoms with E-state index in [9.17, 15) is 5.11 Å². The van der Waals surface area contributed by atoms with Gasteiger partial charge in [-0.2, -0.15) is 0 Å². The highest BCUT2D eigenvalue weighted by Gasteiger charge is 2.15. The maximum absolute atomic E-state index is 10.1. The van der Waals surface area contributed by atoms with Crippen LogP contribution in [0, 0.1) is 0 Å². The van der Waals surface area contributed by atoms with Gasteiger partial charge in [0.15, 0.2) is 0 Å². The van der Waals surface area contributed by atoms with E-state index in [1.54, 1.807) is 41.3 Å². The second kappa shape index (κ2) is 3.93. The van der Waals surface area contributed by atoms with Gasteiger partial charge in [-0.05, 0) is 17.5 Å². The summed E-state index contributed by atoms with van der Waals surface area (Å²) >= 11 is 3.28. The fourth-order valence-electron chi connectivity index (χ4n) is 1.52. The van der Waals surface area contributed by atoms with Gasteiger partial charge in [0, 0.05) is 26.7 Å². The number of aromatic nitrogens is 2. The van der Waals surface area contributed by atoms with Gasteiger partial charge in [0.1, 0.15) is 6.10 Å². The first-order valence-electron chi connectivity index (χ1n) is 4.75. The summed E-state index contributed by atoms with van der Waals surface area (Å²) in [5, 5.41) is 12.2. The van der Waals surface area contributed by atoms with Crippen LogP contribution >= 0.6 is 22.7 Å². The third-order valence-corrected chi connectivity index (χ3v) is 4.44. The minimum Gasteiger partial charge on any atom is -0.381 e. The molecular formula is C11H8N2OS2. The van der Waals surface area contributed by atoms with Crippen LogP contribution in [0.5, 0.6) is 0 Å². The van der Waals surface area contributed by atoms with Crippen LogP contribution in [0.25, 0.3) is 9.40 Å². The average Bonchev–Trinajstić information content (AvgIpc) is 2.89. The van der Waals surface area contributed by atoms with Crippen molar-refractivity contribution in [1.29, 1.82) is 0 Å². The summed E-state index contributed by atoms with van der Waals surface area (Å²) < 4.78 is 2.42. The van der Waals surface area contributed by atoms with Crippen LogP contribution in [0.2, 0.25) is 0 Å². The van der Waals surface area contributed by atoms with Crippen molar-refractivity contribution in [1.82, 2.24) is 9.97 Å². The van der Waals surface area contributed by atoms with Crippen molar-refractivity contribution in [2.45, 2.75) is 6.10 Å². The summed E-state index contributed by atoms with van der Waals surface area (Å²) in [6, 6.07) is 4.08. The van der Waals surface area contributed by atoms with Gasteiger partial charge in [0.25, 0.3) is 0 Å². The predicted octanol–water partition coefficient (Wildman–Crippen LogP) is 2.83. The maximum atomic E-state index is 10.1. The van der Waals surface area contributed by atoms with Crippen molar-refractivity contribution < 1.29 is 5.11 Å². The topological polar surface area (TPSA) is 46.0 Å². The first kappa shape index (κ1) is 9.89. The highest BCUT2D eigenvalue weighted by molar-refractivity contribution is 7.26. The SMILES string of the molecule is OC(c1cnccn1)c1cc2sccc2s1. The number of hydrogen-bond donors (Lipinski definition) is 1. The van der Waals surface area contributed by atoms with E-state index in [4.69, 9.17) is 0 Å². The normalized spacial score (nSPS) is 13.1. The number of thiophene rings is 2. The van der Waals surface area contributed by atoms with Crippen molar-refractivity contribution in [2.24, 2.45) is 0 Å². The summed E-state index contributed by atoms with van der Waals surface area (Å²) in [6.45, 7) is 0. The van der Waals surface area contributed by atoms with Gasteiger partial charge in [-0.15, -0.1) is 22.7 Å². The summed E-state index contributed by atoms with van der Waals surface area (Å²) in [7, 11) is 0. The maximum Gasteiger partial charge on any atom is 0.132 e. The summed E-state index contributed by atoms with van der Waals surface area (Å²) in [5.74, 6) is 0. The lowest BCUT2D eigenvalue weighted by Gasteiger charge is -2.05. The summed E-state index contributed by atoms with van der Waals surface area (Å²) in [6.07, 6.45) is 4.12. The standard InChI is InChI=1S/C11H8N2OS2/c14-11(7-6-12-2-3-13-7)10-5-9-8(16-10)1-4-15-9/h1-6,11,14H. The quantitative estimate of drug-likeness (QED) is 0.758. The Morgan fingerprint density at radius 1 is 1.25 bits per heavy atom. The van der Waals surface area contributed by atoms with E-state index in [-0.39, 0.29) is 0 Å². The zero-order chi connectivity index (χ0) is 11.0. The smallest absolute Gasteiger partial charge is 0.132 e. The molecule has 0 aliphatic rings. The van der Waals surface area contributed by atoms with Crippen molar-refractivity contribution in [2.75, 3.05) is 0 Å². The second-order valence-corrected chi connectivity index (χ2v) is 5.39. The molecule has 0 amide bonds. The van der Waals surface area contributed by atoms with Crippen LogP contribution < -0.4 is 0 Å². The van der Waals surface area contributed by atoms with E-state index in [0.29, 0.717) is 5.69 Å². The van der Waals surface area contributed by atoms with Gasteiger partial charge in [-0.1, -0.05) is 0 Å². The van der Waals surface area contributed by atoms with Crippen molar-refractivity contribution in [3.8, 4) is 0 Å². The molecule has 0 bridgehead atoms. The molecule has 5 heteroatoms. The molecule has 0 radical (unpaired) electrons. The van der Waals surface area contributed by atoms with E-state index in [0.717, 1.165) is 4.88 Å². The number of aliphatic hydroxyl groups excluding tert-OH is 1. The number of nitrogens with zero attached hydrogens (tertiary/aromatic N) is 2. The Kier molecular flexibility index (Phi) is 2.43. The molecule has 0 aliphatic carbocycles. The van der Waals surface area contributed by atoms with Gasteiger partial charge in [-0.3, -0.25) is 9.97 Å². The second-order valence-electron chi connectivity index (χ2n) is 3.33. The highest BCUT2D eigenvalue weighted by Crippen LogP contribution is 2.34. The molecule has 3 aromatic heterocycles. The van der Waals surface area contributed by atoms with E-state index in [1.807, 2.05) is 6.07 Å². The fourth-order valence-corrected chi connectivity index (χ4v) is 3.64. The zero-order valence-electron chi connectivity index (χ0n) is 8.20. The van der Waals surface area contributed by atoms with Crippen LogP contribution in [-0.2, 0) is 0 Å². The van der Waals surface area contributed by atoms with E-state index >= 15 is 0 Å². The Bertz CT molecular complexity index is 574. The lowest BCUT2D eigenvalue weighted by atomic mass is 10.2. The lowest BCUT2D eigenvalue weighted by Crippen LogP contribution is -2.00. The predicted molar refractivity (Wildman–Crippen MR) is 65.8 cm³/mol. The first-order chi connectivity index (χ1) is 7.84. The van der Waals surface area contributed by atoms with Crippen molar-refractivity contribution in [3.63, 3.8) is 0 Å². The Balaban J connectivity index is 2.01. The van der Waals surface area contributed by atoms with E-state index in [2.05, 4.69) is 21.4 Å². The minimum atomic E-state index is -0.668. The largest absolute Gasteiger partial charge is 0.381 e. The monoisotopic (exact) mass is 248 g/mol. The molecule has 0 saturated heterocycles. The van der Waals surface area contributed by atoms with Crippen LogP contribution in [-0.4, -0.2) is 15.1 Å². The van der Waals surface area contributed by atoms with Crippen LogP contribution in [0.1, 0.15) is 16.7 Å². The Hall–Kier alpha value is -1.30. The number of aliphatic hydroxyl groups is 1. The molecule has 3 rings (SSSR count). The molecule has 1 unspecified atom stereocenters. The van der Waals surface area contributed by atoms with Crippen molar-refractivity contribution in [3.05, 3.63) is 46.7 Å². The molecule has 80 valence electrons. The average molecular weight is 248 g/mol. The third-order valence-electron chi connectivity index (χ3n) is 2.29. The van der Waals surface area contributed by atoms with Crippen LogP contribution in [0.3, 0.4) is 0 Å². The molecule has 3 aromatic rings. The first-order valence-corrected chi connectivity index (χ1v) is 6.45. The Morgan fingerprint density at radius 2 is 2.19 bits per heavy atom. The molecule has 0 aliphatic heterocycles. The molecule has 0 fully saturated rings. The van der Waals surface area contributed by atoms with Gasteiger partial charge in [0.05, 0.1) is 11.9 Å². The van der Waals surface area contributed by atoms with Crippen molar-refractivity contribution >= 4 is 32.1 Å². The molecule has 1 N–H and O–H groups in total. The molecule has 3 nitrogen and oxygen atoms in total. The number of fused-ring (bicyclic) bond motifs is 1. The fraction of sp³-hybridized carbons (Fsp3) is 0.0909.